The number of hydrogen-bond acceptors (Lipinski definition) is 4. The number of carbonyl (C=O) groups is 3. The molecule has 1 aliphatic heterocycles. The monoisotopic (exact) mass is 300 g/mol. The number of rotatable bonds is 5. The molecule has 0 aromatic rings. The van der Waals surface area contributed by atoms with Gasteiger partial charge in [0.25, 0.3) is 0 Å². The first-order valence-electron chi connectivity index (χ1n) is 7.21. The number of nitrogens with zero attached hydrogens (tertiary/aromatic N) is 2. The van der Waals surface area contributed by atoms with E-state index in [2.05, 4.69) is 10.6 Å². The molecule has 3 amide bonds. The van der Waals surface area contributed by atoms with Crippen molar-refractivity contribution in [2.45, 2.75) is 26.3 Å². The minimum absolute atomic E-state index is 0.00916. The molecule has 1 fully saturated rings. The third-order valence-electron chi connectivity index (χ3n) is 3.32. The Balaban J connectivity index is 2.44. The lowest BCUT2D eigenvalue weighted by molar-refractivity contribution is -0.138. The van der Waals surface area contributed by atoms with Gasteiger partial charge in [-0.25, -0.2) is 4.79 Å². The molecule has 1 atom stereocenters. The van der Waals surface area contributed by atoms with Gasteiger partial charge in [0.05, 0.1) is 6.54 Å². The predicted octanol–water partition coefficient (Wildman–Crippen LogP) is -0.687. The van der Waals surface area contributed by atoms with Gasteiger partial charge in [-0.2, -0.15) is 0 Å². The molecular formula is C13H24N4O4. The van der Waals surface area contributed by atoms with E-state index in [1.165, 1.54) is 0 Å². The number of carboxylic acid groups (broad SMARTS) is 1. The maximum Gasteiger partial charge on any atom is 0.318 e. The summed E-state index contributed by atoms with van der Waals surface area (Å²) >= 11 is 0. The average Bonchev–Trinajstić information content (AvgIpc) is 2.63. The fourth-order valence-electron chi connectivity index (χ4n) is 2.19. The minimum Gasteiger partial charge on any atom is -0.480 e. The summed E-state index contributed by atoms with van der Waals surface area (Å²) in [5.74, 6) is -1.08. The highest BCUT2D eigenvalue weighted by Crippen LogP contribution is 2.03. The van der Waals surface area contributed by atoms with Gasteiger partial charge < -0.3 is 20.6 Å². The first-order chi connectivity index (χ1) is 9.93. The summed E-state index contributed by atoms with van der Waals surface area (Å²) in [6, 6.07) is -0.873. The number of amides is 3. The fourth-order valence-corrected chi connectivity index (χ4v) is 2.19. The topological polar surface area (TPSA) is 102 Å². The van der Waals surface area contributed by atoms with E-state index in [1.807, 2.05) is 11.8 Å². The number of carboxylic acids is 1. The lowest BCUT2D eigenvalue weighted by Gasteiger charge is -2.23. The molecule has 1 aliphatic rings. The molecular weight excluding hydrogens is 276 g/mol. The molecule has 0 spiro atoms. The molecule has 0 radical (unpaired) electrons. The van der Waals surface area contributed by atoms with Gasteiger partial charge in [0.2, 0.25) is 5.91 Å². The van der Waals surface area contributed by atoms with Crippen LogP contribution >= 0.6 is 0 Å². The summed E-state index contributed by atoms with van der Waals surface area (Å²) in [7, 11) is 0. The van der Waals surface area contributed by atoms with Gasteiger partial charge in [0.15, 0.2) is 0 Å². The zero-order valence-electron chi connectivity index (χ0n) is 12.6. The van der Waals surface area contributed by atoms with Gasteiger partial charge >= 0.3 is 12.0 Å². The van der Waals surface area contributed by atoms with Crippen LogP contribution in [0.4, 0.5) is 4.79 Å². The fraction of sp³-hybridized carbons (Fsp3) is 0.769. The number of likely N-dealkylation sites (N-methyl/N-ethyl adjacent to an activating group) is 1. The normalized spacial score (nSPS) is 17.7. The lowest BCUT2D eigenvalue weighted by Crippen LogP contribution is -2.50. The molecule has 120 valence electrons. The number of hydrogen-bond donors (Lipinski definition) is 3. The Bertz CT molecular complexity index is 388. The number of nitrogens with one attached hydrogen (secondary N) is 2. The zero-order valence-corrected chi connectivity index (χ0v) is 12.6. The molecule has 3 N–H and O–H groups in total. The van der Waals surface area contributed by atoms with E-state index in [1.54, 1.807) is 11.8 Å². The molecule has 1 rings (SSSR count). The van der Waals surface area contributed by atoms with Gasteiger partial charge in [-0.05, 0) is 20.3 Å². The van der Waals surface area contributed by atoms with Crippen molar-refractivity contribution in [1.29, 1.82) is 0 Å². The Morgan fingerprint density at radius 3 is 2.52 bits per heavy atom. The molecule has 0 saturated carbocycles. The van der Waals surface area contributed by atoms with Crippen molar-refractivity contribution >= 4 is 17.9 Å². The van der Waals surface area contributed by atoms with Gasteiger partial charge in [-0.3, -0.25) is 14.5 Å². The van der Waals surface area contributed by atoms with Crippen LogP contribution in [0.3, 0.4) is 0 Å². The van der Waals surface area contributed by atoms with Crippen LogP contribution in [0.15, 0.2) is 0 Å². The molecule has 0 aromatic carbocycles. The maximum absolute atomic E-state index is 12.1. The number of aliphatic carboxylic acids is 1. The van der Waals surface area contributed by atoms with Crippen LogP contribution in [0.1, 0.15) is 20.3 Å². The standard InChI is InChI=1S/C13H24N4O4/c1-3-14-12(20)10(2)15-13(21)17-6-4-5-16(7-8-17)9-11(18)19/h10H,3-9H2,1-2H3,(H,14,20)(H,15,21)(H,18,19). The Morgan fingerprint density at radius 1 is 1.19 bits per heavy atom. The van der Waals surface area contributed by atoms with E-state index in [9.17, 15) is 14.4 Å². The van der Waals surface area contributed by atoms with E-state index in [0.717, 1.165) is 6.42 Å². The first-order valence-corrected chi connectivity index (χ1v) is 7.21. The van der Waals surface area contributed by atoms with Gasteiger partial charge in [0, 0.05) is 32.7 Å². The van der Waals surface area contributed by atoms with E-state index in [-0.39, 0.29) is 18.5 Å². The molecule has 0 bridgehead atoms. The van der Waals surface area contributed by atoms with Crippen molar-refractivity contribution in [3.63, 3.8) is 0 Å². The van der Waals surface area contributed by atoms with Crippen LogP contribution in [-0.4, -0.2) is 78.1 Å². The summed E-state index contributed by atoms with van der Waals surface area (Å²) in [6.07, 6.45) is 0.718. The third kappa shape index (κ3) is 5.99. The second-order valence-electron chi connectivity index (χ2n) is 5.08. The van der Waals surface area contributed by atoms with Crippen molar-refractivity contribution in [3.8, 4) is 0 Å². The van der Waals surface area contributed by atoms with Gasteiger partial charge in [-0.15, -0.1) is 0 Å². The van der Waals surface area contributed by atoms with Gasteiger partial charge in [-0.1, -0.05) is 0 Å². The Hall–Kier alpha value is -1.83. The molecule has 8 heteroatoms. The zero-order chi connectivity index (χ0) is 15.8. The van der Waals surface area contributed by atoms with Crippen LogP contribution in [0, 0.1) is 0 Å². The molecule has 21 heavy (non-hydrogen) atoms. The van der Waals surface area contributed by atoms with E-state index < -0.39 is 12.0 Å². The van der Waals surface area contributed by atoms with Crippen molar-refractivity contribution in [2.24, 2.45) is 0 Å². The largest absolute Gasteiger partial charge is 0.480 e. The Morgan fingerprint density at radius 2 is 1.90 bits per heavy atom. The Labute approximate surface area is 124 Å². The third-order valence-corrected chi connectivity index (χ3v) is 3.32. The Kier molecular flexibility index (Phi) is 6.93. The average molecular weight is 300 g/mol. The number of carbonyl (C=O) groups excluding carboxylic acids is 2. The molecule has 1 unspecified atom stereocenters. The summed E-state index contributed by atoms with van der Waals surface area (Å²) in [5.41, 5.74) is 0. The molecule has 1 saturated heterocycles. The van der Waals surface area contributed by atoms with Crippen molar-refractivity contribution in [3.05, 3.63) is 0 Å². The number of urea groups is 1. The van der Waals surface area contributed by atoms with E-state index in [0.29, 0.717) is 32.7 Å². The quantitative estimate of drug-likeness (QED) is 0.624. The summed E-state index contributed by atoms with van der Waals surface area (Å²) in [5, 5.41) is 14.1. The second kappa shape index (κ2) is 8.46. The summed E-state index contributed by atoms with van der Waals surface area (Å²) in [4.78, 5) is 37.8. The lowest BCUT2D eigenvalue weighted by atomic mass is 10.3. The molecule has 0 aliphatic carbocycles. The summed E-state index contributed by atoms with van der Waals surface area (Å²) < 4.78 is 0. The molecule has 0 aromatic heterocycles. The first kappa shape index (κ1) is 17.2. The highest BCUT2D eigenvalue weighted by molar-refractivity contribution is 5.86. The van der Waals surface area contributed by atoms with Crippen molar-refractivity contribution in [2.75, 3.05) is 39.3 Å². The van der Waals surface area contributed by atoms with E-state index >= 15 is 0 Å². The van der Waals surface area contributed by atoms with Crippen LogP contribution in [0.25, 0.3) is 0 Å². The molecule has 8 nitrogen and oxygen atoms in total. The smallest absolute Gasteiger partial charge is 0.318 e. The van der Waals surface area contributed by atoms with Crippen LogP contribution in [0.5, 0.6) is 0 Å². The van der Waals surface area contributed by atoms with Crippen LogP contribution < -0.4 is 10.6 Å². The van der Waals surface area contributed by atoms with E-state index in [4.69, 9.17) is 5.11 Å². The second-order valence-corrected chi connectivity index (χ2v) is 5.08. The van der Waals surface area contributed by atoms with Crippen LogP contribution in [-0.2, 0) is 9.59 Å². The van der Waals surface area contributed by atoms with Crippen molar-refractivity contribution < 1.29 is 19.5 Å². The highest BCUT2D eigenvalue weighted by atomic mass is 16.4. The summed E-state index contributed by atoms with van der Waals surface area (Å²) in [6.45, 7) is 6.16. The van der Waals surface area contributed by atoms with Gasteiger partial charge in [0.1, 0.15) is 6.04 Å². The maximum atomic E-state index is 12.1. The predicted molar refractivity (Wildman–Crippen MR) is 76.9 cm³/mol. The minimum atomic E-state index is -0.863. The molecule has 1 heterocycles. The highest BCUT2D eigenvalue weighted by Gasteiger charge is 2.22. The van der Waals surface area contributed by atoms with Crippen LogP contribution in [0.2, 0.25) is 0 Å². The van der Waals surface area contributed by atoms with Crippen molar-refractivity contribution in [1.82, 2.24) is 20.4 Å². The SMILES string of the molecule is CCNC(=O)C(C)NC(=O)N1CCCN(CC(=O)O)CC1.